The zero-order valence-corrected chi connectivity index (χ0v) is 20.9. The monoisotopic (exact) mass is 486 g/mol. The van der Waals surface area contributed by atoms with E-state index in [-0.39, 0.29) is 17.1 Å². The lowest BCUT2D eigenvalue weighted by Gasteiger charge is -2.50. The molecule has 4 aliphatic carbocycles. The molecular weight excluding hydrogens is 456 g/mol. The Balaban J connectivity index is 1.37. The normalized spacial score (nSPS) is 30.2. The first-order chi connectivity index (χ1) is 17.0. The molecule has 4 aliphatic rings. The minimum atomic E-state index is -0.266. The third kappa shape index (κ3) is 3.80. The van der Waals surface area contributed by atoms with Crippen molar-refractivity contribution in [3.8, 4) is 5.75 Å². The van der Waals surface area contributed by atoms with Crippen molar-refractivity contribution >= 4 is 23.2 Å². The van der Waals surface area contributed by atoms with E-state index in [9.17, 15) is 9.59 Å². The standard InChI is InChI=1S/C31H31ClO3/c1-31-17-25(20-7-9-21(10-8-20)35-18-19-5-3-2-4-6-19)29-22-13-15-27(33)30(32)23(22)11-12-24(29)26(31)14-16-28(31)34/h2-10,24-26H,11-18H2,1H3/t24-,25+,26-,31-/m0/s1. The number of allylic oxidation sites excluding steroid dienone is 4. The van der Waals surface area contributed by atoms with E-state index in [4.69, 9.17) is 16.3 Å². The van der Waals surface area contributed by atoms with E-state index in [1.165, 1.54) is 16.7 Å². The van der Waals surface area contributed by atoms with Gasteiger partial charge in [-0.2, -0.15) is 0 Å². The number of halogens is 1. The van der Waals surface area contributed by atoms with Crippen LogP contribution >= 0.6 is 11.6 Å². The quantitative estimate of drug-likeness (QED) is 0.455. The molecule has 2 fully saturated rings. The van der Waals surface area contributed by atoms with Crippen LogP contribution in [-0.4, -0.2) is 11.6 Å². The average Bonchev–Trinajstić information content (AvgIpc) is 3.19. The van der Waals surface area contributed by atoms with E-state index in [0.29, 0.717) is 42.1 Å². The van der Waals surface area contributed by atoms with Gasteiger partial charge in [-0.1, -0.05) is 66.6 Å². The maximum absolute atomic E-state index is 13.1. The molecule has 2 aromatic carbocycles. The van der Waals surface area contributed by atoms with Crippen molar-refractivity contribution in [2.24, 2.45) is 17.3 Å². The fraction of sp³-hybridized carbons (Fsp3) is 0.419. The van der Waals surface area contributed by atoms with Gasteiger partial charge in [0, 0.05) is 24.2 Å². The molecule has 4 atom stereocenters. The molecule has 2 aromatic rings. The molecule has 3 nitrogen and oxygen atoms in total. The molecule has 0 aliphatic heterocycles. The molecule has 6 rings (SSSR count). The first-order valence-electron chi connectivity index (χ1n) is 12.9. The third-order valence-electron chi connectivity index (χ3n) is 9.09. The van der Waals surface area contributed by atoms with Gasteiger partial charge in [0.25, 0.3) is 0 Å². The minimum Gasteiger partial charge on any atom is -0.489 e. The third-order valence-corrected chi connectivity index (χ3v) is 9.53. The number of carbonyl (C=O) groups is 2. The largest absolute Gasteiger partial charge is 0.489 e. The second-order valence-corrected chi connectivity index (χ2v) is 11.3. The predicted molar refractivity (Wildman–Crippen MR) is 137 cm³/mol. The van der Waals surface area contributed by atoms with E-state index in [1.54, 1.807) is 0 Å². The van der Waals surface area contributed by atoms with Crippen LogP contribution in [0.15, 0.2) is 76.3 Å². The highest BCUT2D eigenvalue weighted by molar-refractivity contribution is 6.43. The fourth-order valence-corrected chi connectivity index (χ4v) is 7.62. The Morgan fingerprint density at radius 1 is 0.914 bits per heavy atom. The topological polar surface area (TPSA) is 43.4 Å². The summed E-state index contributed by atoms with van der Waals surface area (Å²) >= 11 is 6.56. The molecule has 0 saturated heterocycles. The molecule has 2 saturated carbocycles. The van der Waals surface area contributed by atoms with E-state index in [0.717, 1.165) is 49.0 Å². The van der Waals surface area contributed by atoms with Gasteiger partial charge >= 0.3 is 0 Å². The molecule has 4 heteroatoms. The lowest BCUT2D eigenvalue weighted by molar-refractivity contribution is -0.128. The molecular formula is C31H31ClO3. The fourth-order valence-electron chi connectivity index (χ4n) is 7.32. The number of benzene rings is 2. The average molecular weight is 487 g/mol. The number of fused-ring (bicyclic) bond motifs is 4. The molecule has 35 heavy (non-hydrogen) atoms. The highest BCUT2D eigenvalue weighted by atomic mass is 35.5. The van der Waals surface area contributed by atoms with Crippen molar-refractivity contribution in [3.05, 3.63) is 87.5 Å². The number of Topliss-reactive ketones (excluding diaryl/α,β-unsaturated/α-hetero) is 2. The summed E-state index contributed by atoms with van der Waals surface area (Å²) in [7, 11) is 0. The van der Waals surface area contributed by atoms with Gasteiger partial charge in [-0.25, -0.2) is 0 Å². The molecule has 0 radical (unpaired) electrons. The molecule has 0 spiro atoms. The summed E-state index contributed by atoms with van der Waals surface area (Å²) in [5.74, 6) is 2.33. The van der Waals surface area contributed by atoms with Crippen LogP contribution in [0.1, 0.15) is 68.9 Å². The minimum absolute atomic E-state index is 0.0811. The molecule has 0 heterocycles. The van der Waals surface area contributed by atoms with Crippen molar-refractivity contribution in [1.29, 1.82) is 0 Å². The highest BCUT2D eigenvalue weighted by Gasteiger charge is 2.56. The van der Waals surface area contributed by atoms with E-state index in [1.807, 2.05) is 18.2 Å². The second-order valence-electron chi connectivity index (χ2n) is 10.9. The van der Waals surface area contributed by atoms with Crippen LogP contribution < -0.4 is 4.74 Å². The Kier molecular flexibility index (Phi) is 5.72. The van der Waals surface area contributed by atoms with E-state index >= 15 is 0 Å². The summed E-state index contributed by atoms with van der Waals surface area (Å²) in [6.45, 7) is 2.75. The maximum atomic E-state index is 13.1. The molecule has 0 N–H and O–H groups in total. The molecule has 180 valence electrons. The number of ether oxygens (including phenoxy) is 1. The number of hydrogen-bond acceptors (Lipinski definition) is 3. The number of carbonyl (C=O) groups excluding carboxylic acids is 2. The van der Waals surface area contributed by atoms with Gasteiger partial charge in [-0.15, -0.1) is 0 Å². The van der Waals surface area contributed by atoms with Crippen LogP contribution in [0.3, 0.4) is 0 Å². The Morgan fingerprint density at radius 2 is 1.69 bits per heavy atom. The number of ketones is 2. The van der Waals surface area contributed by atoms with Crippen molar-refractivity contribution in [1.82, 2.24) is 0 Å². The van der Waals surface area contributed by atoms with Gasteiger partial charge in [-0.3, -0.25) is 9.59 Å². The Bertz CT molecular complexity index is 1240. The van der Waals surface area contributed by atoms with Crippen LogP contribution in [0.4, 0.5) is 0 Å². The second kappa shape index (κ2) is 8.78. The summed E-state index contributed by atoms with van der Waals surface area (Å²) in [6.07, 6.45) is 5.64. The van der Waals surface area contributed by atoms with Crippen molar-refractivity contribution in [3.63, 3.8) is 0 Å². The van der Waals surface area contributed by atoms with E-state index in [2.05, 4.69) is 43.3 Å². The number of hydrogen-bond donors (Lipinski definition) is 0. The Hall–Kier alpha value is -2.65. The van der Waals surface area contributed by atoms with Crippen LogP contribution in [-0.2, 0) is 16.2 Å². The van der Waals surface area contributed by atoms with Crippen molar-refractivity contribution < 1.29 is 14.3 Å². The molecule has 0 aromatic heterocycles. The summed E-state index contributed by atoms with van der Waals surface area (Å²) in [6, 6.07) is 18.6. The van der Waals surface area contributed by atoms with E-state index < -0.39 is 0 Å². The van der Waals surface area contributed by atoms with Crippen molar-refractivity contribution in [2.45, 2.75) is 64.4 Å². The van der Waals surface area contributed by atoms with Gasteiger partial charge in [0.2, 0.25) is 0 Å². The smallest absolute Gasteiger partial charge is 0.174 e. The van der Waals surface area contributed by atoms with Gasteiger partial charge < -0.3 is 4.74 Å². The molecule has 0 bridgehead atoms. The summed E-state index contributed by atoms with van der Waals surface area (Å²) in [4.78, 5) is 25.5. The van der Waals surface area contributed by atoms with Crippen LogP contribution in [0.5, 0.6) is 5.75 Å². The van der Waals surface area contributed by atoms with Crippen molar-refractivity contribution in [2.75, 3.05) is 0 Å². The number of rotatable bonds is 4. The Morgan fingerprint density at radius 3 is 2.46 bits per heavy atom. The van der Waals surface area contributed by atoms with Gasteiger partial charge in [0.15, 0.2) is 5.78 Å². The highest BCUT2D eigenvalue weighted by Crippen LogP contribution is 2.63. The molecule has 0 amide bonds. The first kappa shape index (κ1) is 22.8. The zero-order valence-electron chi connectivity index (χ0n) is 20.2. The van der Waals surface area contributed by atoms with Gasteiger partial charge in [0.1, 0.15) is 18.1 Å². The maximum Gasteiger partial charge on any atom is 0.174 e. The summed E-state index contributed by atoms with van der Waals surface area (Å²) in [5.41, 5.74) is 5.97. The lowest BCUT2D eigenvalue weighted by Crippen LogP contribution is -2.43. The SMILES string of the molecule is C[C@]12C[C@H](c3ccc(OCc4ccccc4)cc3)C3=C4CCC(=O)C(Cl)=C4CC[C@H]3[C@@H]1CCC2=O. The lowest BCUT2D eigenvalue weighted by atomic mass is 9.53. The first-order valence-corrected chi connectivity index (χ1v) is 13.3. The van der Waals surface area contributed by atoms with Crippen LogP contribution in [0, 0.1) is 17.3 Å². The summed E-state index contributed by atoms with van der Waals surface area (Å²) < 4.78 is 6.03. The molecule has 0 unspecified atom stereocenters. The predicted octanol–water partition coefficient (Wildman–Crippen LogP) is 7.30. The van der Waals surface area contributed by atoms with Gasteiger partial charge in [0.05, 0.1) is 5.03 Å². The summed E-state index contributed by atoms with van der Waals surface area (Å²) in [5, 5.41) is 0.455. The van der Waals surface area contributed by atoms with Crippen LogP contribution in [0.2, 0.25) is 0 Å². The zero-order chi connectivity index (χ0) is 24.2. The Labute approximate surface area is 212 Å². The van der Waals surface area contributed by atoms with Gasteiger partial charge in [-0.05, 0) is 78.3 Å². The van der Waals surface area contributed by atoms with Crippen LogP contribution in [0.25, 0.3) is 0 Å².